The van der Waals surface area contributed by atoms with Crippen LogP contribution in [0.2, 0.25) is 0 Å². The number of allylic oxidation sites excluding steroid dienone is 2. The Labute approximate surface area is 79.0 Å². The molecule has 2 atom stereocenters. The first kappa shape index (κ1) is 8.79. The average molecular weight is 180 g/mol. The maximum atomic E-state index is 11.4. The molecule has 0 aromatic rings. The van der Waals surface area contributed by atoms with Crippen LogP contribution in [0.15, 0.2) is 11.6 Å². The second-order valence-corrected chi connectivity index (χ2v) is 4.08. The quantitative estimate of drug-likeness (QED) is 0.457. The van der Waals surface area contributed by atoms with E-state index in [0.717, 1.165) is 12.8 Å². The number of carbonyl (C=O) groups excluding carboxylic acids is 1. The summed E-state index contributed by atoms with van der Waals surface area (Å²) >= 11 is 0. The number of hydrogen-bond acceptors (Lipinski definition) is 2. The van der Waals surface area contributed by atoms with E-state index >= 15 is 0 Å². The molecule has 0 saturated heterocycles. The molecule has 2 aliphatic carbocycles. The van der Waals surface area contributed by atoms with E-state index in [2.05, 4.69) is 6.08 Å². The van der Waals surface area contributed by atoms with E-state index in [1.165, 1.54) is 26.4 Å². The van der Waals surface area contributed by atoms with Crippen molar-refractivity contribution in [3.63, 3.8) is 0 Å². The molecule has 0 unspecified atom stereocenters. The maximum absolute atomic E-state index is 11.4. The summed E-state index contributed by atoms with van der Waals surface area (Å²) in [6.07, 6.45) is 8.01. The SMILES string of the molecule is COC(=O)[C@H]1CC=C2CCC[C@H]1C2. The van der Waals surface area contributed by atoms with Gasteiger partial charge in [0.25, 0.3) is 0 Å². The van der Waals surface area contributed by atoms with E-state index in [-0.39, 0.29) is 11.9 Å². The van der Waals surface area contributed by atoms with Crippen molar-refractivity contribution in [3.8, 4) is 0 Å². The molecule has 2 rings (SSSR count). The van der Waals surface area contributed by atoms with Crippen LogP contribution in [-0.4, -0.2) is 13.1 Å². The van der Waals surface area contributed by atoms with Gasteiger partial charge in [-0.15, -0.1) is 0 Å². The largest absolute Gasteiger partial charge is 0.469 e. The molecule has 13 heavy (non-hydrogen) atoms. The van der Waals surface area contributed by atoms with Crippen LogP contribution in [0.3, 0.4) is 0 Å². The van der Waals surface area contributed by atoms with Crippen molar-refractivity contribution < 1.29 is 9.53 Å². The summed E-state index contributed by atoms with van der Waals surface area (Å²) in [4.78, 5) is 11.4. The molecule has 0 amide bonds. The number of fused-ring (bicyclic) bond motifs is 2. The molecule has 0 N–H and O–H groups in total. The number of methoxy groups -OCH3 is 1. The van der Waals surface area contributed by atoms with E-state index in [4.69, 9.17) is 4.74 Å². The maximum Gasteiger partial charge on any atom is 0.309 e. The van der Waals surface area contributed by atoms with Crippen LogP contribution < -0.4 is 0 Å². The number of rotatable bonds is 1. The summed E-state index contributed by atoms with van der Waals surface area (Å²) in [5.74, 6) is 0.706. The Bertz CT molecular complexity index is 242. The fourth-order valence-corrected chi connectivity index (χ4v) is 2.59. The van der Waals surface area contributed by atoms with Gasteiger partial charge in [0.1, 0.15) is 0 Å². The van der Waals surface area contributed by atoms with Crippen LogP contribution >= 0.6 is 0 Å². The van der Waals surface area contributed by atoms with Gasteiger partial charge in [0, 0.05) is 0 Å². The lowest BCUT2D eigenvalue weighted by molar-refractivity contribution is -0.147. The van der Waals surface area contributed by atoms with Gasteiger partial charge in [-0.1, -0.05) is 11.6 Å². The number of carbonyl (C=O) groups is 1. The number of hydrogen-bond donors (Lipinski definition) is 0. The zero-order chi connectivity index (χ0) is 9.26. The Balaban J connectivity index is 2.10. The van der Waals surface area contributed by atoms with Gasteiger partial charge in [0.2, 0.25) is 0 Å². The minimum absolute atomic E-state index is 0.0119. The molecule has 72 valence electrons. The van der Waals surface area contributed by atoms with Gasteiger partial charge in [-0.3, -0.25) is 4.79 Å². The summed E-state index contributed by atoms with van der Waals surface area (Å²) in [6.45, 7) is 0. The van der Waals surface area contributed by atoms with Gasteiger partial charge >= 0.3 is 5.97 Å². The topological polar surface area (TPSA) is 26.3 Å². The summed E-state index contributed by atoms with van der Waals surface area (Å²) in [6, 6.07) is 0. The lowest BCUT2D eigenvalue weighted by Gasteiger charge is -2.33. The lowest BCUT2D eigenvalue weighted by atomic mass is 9.72. The fourth-order valence-electron chi connectivity index (χ4n) is 2.59. The van der Waals surface area contributed by atoms with Gasteiger partial charge in [-0.25, -0.2) is 0 Å². The van der Waals surface area contributed by atoms with Crippen LogP contribution in [0.1, 0.15) is 32.1 Å². The zero-order valence-corrected chi connectivity index (χ0v) is 8.08. The Morgan fingerprint density at radius 1 is 1.62 bits per heavy atom. The molecule has 2 nitrogen and oxygen atoms in total. The van der Waals surface area contributed by atoms with Crippen LogP contribution in [0.25, 0.3) is 0 Å². The molecule has 1 fully saturated rings. The van der Waals surface area contributed by atoms with Crippen molar-refractivity contribution in [1.82, 2.24) is 0 Å². The van der Waals surface area contributed by atoms with E-state index in [1.54, 1.807) is 5.57 Å². The predicted octanol–water partition coefficient (Wildman–Crippen LogP) is 2.30. The van der Waals surface area contributed by atoms with Crippen molar-refractivity contribution in [2.24, 2.45) is 11.8 Å². The number of ether oxygens (including phenoxy) is 1. The highest BCUT2D eigenvalue weighted by Crippen LogP contribution is 2.39. The van der Waals surface area contributed by atoms with E-state index in [1.807, 2.05) is 0 Å². The van der Waals surface area contributed by atoms with E-state index in [0.29, 0.717) is 5.92 Å². The predicted molar refractivity (Wildman–Crippen MR) is 50.2 cm³/mol. The standard InChI is InChI=1S/C11H16O2/c1-13-11(12)10-6-5-8-3-2-4-9(10)7-8/h5,9-10H,2-4,6-7H2,1H3/t9-,10-/m0/s1. The lowest BCUT2D eigenvalue weighted by Crippen LogP contribution is -2.29. The second kappa shape index (κ2) is 3.52. The molecule has 2 aliphatic rings. The van der Waals surface area contributed by atoms with Crippen molar-refractivity contribution in [2.45, 2.75) is 32.1 Å². The molecule has 0 aromatic carbocycles. The number of esters is 1. The fraction of sp³-hybridized carbons (Fsp3) is 0.727. The first-order valence-electron chi connectivity index (χ1n) is 5.07. The van der Waals surface area contributed by atoms with Crippen LogP contribution in [-0.2, 0) is 9.53 Å². The third-order valence-corrected chi connectivity index (χ3v) is 3.33. The monoisotopic (exact) mass is 180 g/mol. The minimum atomic E-state index is -0.0119. The molecule has 0 heterocycles. The first-order chi connectivity index (χ1) is 6.31. The summed E-state index contributed by atoms with van der Waals surface area (Å²) in [7, 11) is 1.49. The van der Waals surface area contributed by atoms with Gasteiger partial charge in [-0.2, -0.15) is 0 Å². The van der Waals surface area contributed by atoms with Crippen LogP contribution in [0.4, 0.5) is 0 Å². The second-order valence-electron chi connectivity index (χ2n) is 4.08. The van der Waals surface area contributed by atoms with Gasteiger partial charge in [0.15, 0.2) is 0 Å². The minimum Gasteiger partial charge on any atom is -0.469 e. The molecular formula is C11H16O2. The van der Waals surface area contributed by atoms with Crippen molar-refractivity contribution in [3.05, 3.63) is 11.6 Å². The Hall–Kier alpha value is -0.790. The Morgan fingerprint density at radius 2 is 2.46 bits per heavy atom. The molecule has 0 aliphatic heterocycles. The highest BCUT2D eigenvalue weighted by atomic mass is 16.5. The smallest absolute Gasteiger partial charge is 0.309 e. The molecule has 0 radical (unpaired) electrons. The molecule has 2 heteroatoms. The molecule has 0 spiro atoms. The highest BCUT2D eigenvalue weighted by Gasteiger charge is 2.33. The summed E-state index contributed by atoms with van der Waals surface area (Å²) in [5, 5.41) is 0. The third-order valence-electron chi connectivity index (χ3n) is 3.33. The molecular weight excluding hydrogens is 164 g/mol. The summed E-state index contributed by atoms with van der Waals surface area (Å²) in [5.41, 5.74) is 1.57. The first-order valence-corrected chi connectivity index (χ1v) is 5.07. The van der Waals surface area contributed by atoms with Crippen molar-refractivity contribution >= 4 is 5.97 Å². The van der Waals surface area contributed by atoms with Crippen molar-refractivity contribution in [2.75, 3.05) is 7.11 Å². The Kier molecular flexibility index (Phi) is 2.38. The van der Waals surface area contributed by atoms with Crippen molar-refractivity contribution in [1.29, 1.82) is 0 Å². The van der Waals surface area contributed by atoms with E-state index in [9.17, 15) is 4.79 Å². The van der Waals surface area contributed by atoms with Gasteiger partial charge in [-0.05, 0) is 38.0 Å². The molecule has 0 aromatic heterocycles. The Morgan fingerprint density at radius 3 is 3.23 bits per heavy atom. The van der Waals surface area contributed by atoms with Gasteiger partial charge < -0.3 is 4.74 Å². The summed E-state index contributed by atoms with van der Waals surface area (Å²) < 4.78 is 4.81. The molecule has 2 bridgehead atoms. The zero-order valence-electron chi connectivity index (χ0n) is 8.08. The third kappa shape index (κ3) is 1.62. The van der Waals surface area contributed by atoms with Crippen LogP contribution in [0.5, 0.6) is 0 Å². The molecule has 1 saturated carbocycles. The van der Waals surface area contributed by atoms with Gasteiger partial charge in [0.05, 0.1) is 13.0 Å². The highest BCUT2D eigenvalue weighted by molar-refractivity contribution is 5.73. The normalized spacial score (nSPS) is 32.2. The van der Waals surface area contributed by atoms with E-state index < -0.39 is 0 Å². The van der Waals surface area contributed by atoms with Crippen LogP contribution in [0, 0.1) is 11.8 Å². The average Bonchev–Trinajstić information content (AvgIpc) is 2.18.